The number of unbranched alkanes of at least 4 members (excludes halogenated alkanes) is 13. The Morgan fingerprint density at radius 2 is 1.21 bits per heavy atom. The van der Waals surface area contributed by atoms with Crippen LogP contribution in [0.3, 0.4) is 0 Å². The van der Waals surface area contributed by atoms with Crippen LogP contribution in [0.2, 0.25) is 0 Å². The van der Waals surface area contributed by atoms with Crippen molar-refractivity contribution in [1.82, 2.24) is 0 Å². The van der Waals surface area contributed by atoms with Gasteiger partial charge >= 0.3 is 5.97 Å². The number of carboxylic acid groups (broad SMARTS) is 1. The second kappa shape index (κ2) is 15.5. The molecule has 0 spiro atoms. The first-order chi connectivity index (χ1) is 11.6. The van der Waals surface area contributed by atoms with Crippen LogP contribution in [0.25, 0.3) is 0 Å². The summed E-state index contributed by atoms with van der Waals surface area (Å²) in [7, 11) is 0. The van der Waals surface area contributed by atoms with Crippen molar-refractivity contribution in [3.63, 3.8) is 0 Å². The standard InChI is InChI=1S/C20H38O4/c1-3-4-5-6-7-8-9-10-11-12-13-14-15-16-17-20(2,19(22)23)24-18-21/h18H,3-17H2,1-2H3,(H,22,23). The lowest BCUT2D eigenvalue weighted by atomic mass is 9.97. The van der Waals surface area contributed by atoms with Gasteiger partial charge in [0.25, 0.3) is 6.47 Å². The molecule has 4 nitrogen and oxygen atoms in total. The molecular formula is C20H38O4. The summed E-state index contributed by atoms with van der Waals surface area (Å²) in [4.78, 5) is 21.5. The molecule has 1 atom stereocenters. The number of hydrogen-bond acceptors (Lipinski definition) is 3. The Kier molecular flexibility index (Phi) is 14.8. The minimum atomic E-state index is -1.36. The molecule has 0 aliphatic carbocycles. The third kappa shape index (κ3) is 12.4. The van der Waals surface area contributed by atoms with Crippen LogP contribution in [-0.2, 0) is 14.3 Å². The molecule has 0 aromatic carbocycles. The van der Waals surface area contributed by atoms with Crippen LogP contribution < -0.4 is 0 Å². The van der Waals surface area contributed by atoms with Crippen molar-refractivity contribution in [2.45, 2.75) is 116 Å². The summed E-state index contributed by atoms with van der Waals surface area (Å²) in [6.07, 6.45) is 18.1. The lowest BCUT2D eigenvalue weighted by Crippen LogP contribution is -2.37. The molecule has 0 radical (unpaired) electrons. The van der Waals surface area contributed by atoms with Crippen molar-refractivity contribution in [2.24, 2.45) is 0 Å². The Labute approximate surface area is 148 Å². The number of ether oxygens (including phenoxy) is 1. The molecule has 24 heavy (non-hydrogen) atoms. The number of aliphatic carboxylic acids is 1. The zero-order valence-corrected chi connectivity index (χ0v) is 15.9. The van der Waals surface area contributed by atoms with E-state index in [1.54, 1.807) is 0 Å². The Hall–Kier alpha value is -1.06. The fourth-order valence-corrected chi connectivity index (χ4v) is 2.98. The largest absolute Gasteiger partial charge is 0.478 e. The molecule has 0 rings (SSSR count). The molecule has 0 aromatic heterocycles. The number of hydrogen-bond donors (Lipinski definition) is 1. The molecule has 0 amide bonds. The zero-order valence-electron chi connectivity index (χ0n) is 15.9. The van der Waals surface area contributed by atoms with E-state index in [0.29, 0.717) is 6.42 Å². The summed E-state index contributed by atoms with van der Waals surface area (Å²) in [6.45, 7) is 3.95. The number of carboxylic acids is 1. The highest BCUT2D eigenvalue weighted by Crippen LogP contribution is 2.20. The number of carbonyl (C=O) groups is 2. The lowest BCUT2D eigenvalue weighted by Gasteiger charge is -2.22. The van der Waals surface area contributed by atoms with Crippen LogP contribution >= 0.6 is 0 Å². The van der Waals surface area contributed by atoms with E-state index in [-0.39, 0.29) is 6.47 Å². The van der Waals surface area contributed by atoms with Gasteiger partial charge in [0.1, 0.15) is 0 Å². The predicted octanol–water partition coefficient (Wildman–Crippen LogP) is 5.87. The average Bonchev–Trinajstić information content (AvgIpc) is 2.55. The smallest absolute Gasteiger partial charge is 0.347 e. The highest BCUT2D eigenvalue weighted by atomic mass is 16.6. The molecule has 0 saturated carbocycles. The molecule has 142 valence electrons. The SMILES string of the molecule is CCCCCCCCCCCCCCCCC(C)(OC=O)C(=O)O. The van der Waals surface area contributed by atoms with E-state index >= 15 is 0 Å². The van der Waals surface area contributed by atoms with E-state index in [1.807, 2.05) is 0 Å². The zero-order chi connectivity index (χ0) is 18.1. The Bertz CT molecular complexity index is 317. The Balaban J connectivity index is 3.36. The molecule has 0 heterocycles. The van der Waals surface area contributed by atoms with Gasteiger partial charge in [-0.25, -0.2) is 4.79 Å². The summed E-state index contributed by atoms with van der Waals surface area (Å²) in [5.41, 5.74) is -1.36. The Morgan fingerprint density at radius 3 is 1.54 bits per heavy atom. The van der Waals surface area contributed by atoms with E-state index in [2.05, 4.69) is 6.92 Å². The lowest BCUT2D eigenvalue weighted by molar-refractivity contribution is -0.169. The van der Waals surface area contributed by atoms with Gasteiger partial charge in [-0.3, -0.25) is 4.79 Å². The summed E-state index contributed by atoms with van der Waals surface area (Å²) in [5.74, 6) is -1.07. The molecule has 0 bridgehead atoms. The van der Waals surface area contributed by atoms with Crippen LogP contribution in [0.1, 0.15) is 110 Å². The number of carbonyl (C=O) groups excluding carboxylic acids is 1. The minimum Gasteiger partial charge on any atom is -0.478 e. The van der Waals surface area contributed by atoms with E-state index in [1.165, 1.54) is 77.6 Å². The molecule has 0 fully saturated rings. The molecule has 0 aliphatic rings. The topological polar surface area (TPSA) is 63.6 Å². The molecule has 0 aromatic rings. The van der Waals surface area contributed by atoms with Crippen molar-refractivity contribution < 1.29 is 19.4 Å². The van der Waals surface area contributed by atoms with E-state index in [0.717, 1.165) is 19.3 Å². The fourth-order valence-electron chi connectivity index (χ4n) is 2.98. The van der Waals surface area contributed by atoms with E-state index < -0.39 is 11.6 Å². The molecule has 0 aliphatic heterocycles. The third-order valence-electron chi connectivity index (χ3n) is 4.77. The van der Waals surface area contributed by atoms with Crippen molar-refractivity contribution >= 4 is 12.4 Å². The maximum Gasteiger partial charge on any atom is 0.347 e. The van der Waals surface area contributed by atoms with Crippen LogP contribution in [0.4, 0.5) is 0 Å². The highest BCUT2D eigenvalue weighted by Gasteiger charge is 2.34. The van der Waals surface area contributed by atoms with Gasteiger partial charge in [0.15, 0.2) is 0 Å². The maximum atomic E-state index is 11.1. The first-order valence-electron chi connectivity index (χ1n) is 9.91. The van der Waals surface area contributed by atoms with Gasteiger partial charge in [0.2, 0.25) is 5.60 Å². The van der Waals surface area contributed by atoms with Crippen LogP contribution in [-0.4, -0.2) is 23.1 Å². The van der Waals surface area contributed by atoms with Crippen molar-refractivity contribution in [2.75, 3.05) is 0 Å². The highest BCUT2D eigenvalue weighted by molar-refractivity contribution is 5.78. The summed E-state index contributed by atoms with van der Waals surface area (Å²) >= 11 is 0. The normalized spacial score (nSPS) is 13.4. The maximum absolute atomic E-state index is 11.1. The van der Waals surface area contributed by atoms with E-state index in [4.69, 9.17) is 9.84 Å². The molecule has 4 heteroatoms. The quantitative estimate of drug-likeness (QED) is 0.250. The average molecular weight is 343 g/mol. The van der Waals surface area contributed by atoms with Crippen molar-refractivity contribution in [1.29, 1.82) is 0 Å². The molecule has 0 saturated heterocycles. The molecule has 1 N–H and O–H groups in total. The molecular weight excluding hydrogens is 304 g/mol. The monoisotopic (exact) mass is 342 g/mol. The minimum absolute atomic E-state index is 0.234. The first kappa shape index (κ1) is 22.9. The fraction of sp³-hybridized carbons (Fsp3) is 0.900. The van der Waals surface area contributed by atoms with Gasteiger partial charge < -0.3 is 9.84 Å². The van der Waals surface area contributed by atoms with Gasteiger partial charge in [-0.2, -0.15) is 0 Å². The Morgan fingerprint density at radius 1 is 0.833 bits per heavy atom. The summed E-state index contributed by atoms with van der Waals surface area (Å²) in [6, 6.07) is 0. The van der Waals surface area contributed by atoms with Crippen molar-refractivity contribution in [3.8, 4) is 0 Å². The molecule has 1 unspecified atom stereocenters. The number of rotatable bonds is 18. The van der Waals surface area contributed by atoms with Crippen LogP contribution in [0.15, 0.2) is 0 Å². The summed E-state index contributed by atoms with van der Waals surface area (Å²) in [5, 5.41) is 9.08. The van der Waals surface area contributed by atoms with Gasteiger partial charge in [-0.05, 0) is 19.8 Å². The predicted molar refractivity (Wildman–Crippen MR) is 98.1 cm³/mol. The van der Waals surface area contributed by atoms with Gasteiger partial charge in [0.05, 0.1) is 0 Å². The van der Waals surface area contributed by atoms with Gasteiger partial charge in [0, 0.05) is 0 Å². The van der Waals surface area contributed by atoms with Crippen LogP contribution in [0.5, 0.6) is 0 Å². The van der Waals surface area contributed by atoms with E-state index in [9.17, 15) is 9.59 Å². The second-order valence-corrected chi connectivity index (χ2v) is 7.10. The second-order valence-electron chi connectivity index (χ2n) is 7.10. The van der Waals surface area contributed by atoms with Crippen molar-refractivity contribution in [3.05, 3.63) is 0 Å². The van der Waals surface area contributed by atoms with Gasteiger partial charge in [-0.1, -0.05) is 90.4 Å². The van der Waals surface area contributed by atoms with Gasteiger partial charge in [-0.15, -0.1) is 0 Å². The van der Waals surface area contributed by atoms with Crippen LogP contribution in [0, 0.1) is 0 Å². The first-order valence-corrected chi connectivity index (χ1v) is 9.91. The third-order valence-corrected chi connectivity index (χ3v) is 4.77. The summed E-state index contributed by atoms with van der Waals surface area (Å²) < 4.78 is 4.72.